The maximum absolute atomic E-state index is 11.8. The van der Waals surface area contributed by atoms with Crippen molar-refractivity contribution in [3.8, 4) is 0 Å². The first-order valence-corrected chi connectivity index (χ1v) is 9.09. The summed E-state index contributed by atoms with van der Waals surface area (Å²) in [5, 5.41) is 3.32. The molecule has 0 bridgehead atoms. The van der Waals surface area contributed by atoms with Gasteiger partial charge in [-0.25, -0.2) is 0 Å². The monoisotopic (exact) mass is 357 g/mol. The van der Waals surface area contributed by atoms with E-state index in [1.54, 1.807) is 11.3 Å². The Kier molecular flexibility index (Phi) is 6.72. The number of nitrogens with zero attached hydrogens (tertiary/aromatic N) is 2. The van der Waals surface area contributed by atoms with E-state index in [4.69, 9.17) is 21.3 Å². The van der Waals surface area contributed by atoms with Crippen molar-refractivity contribution >= 4 is 34.9 Å². The Morgan fingerprint density at radius 1 is 1.52 bits per heavy atom. The molecule has 0 spiro atoms. The topological polar surface area (TPSA) is 53.9 Å². The minimum atomic E-state index is -0.135. The van der Waals surface area contributed by atoms with E-state index in [9.17, 15) is 4.79 Å². The zero-order valence-corrected chi connectivity index (χ0v) is 15.4. The summed E-state index contributed by atoms with van der Waals surface area (Å²) in [5.41, 5.74) is 0. The highest BCUT2D eigenvalue weighted by Gasteiger charge is 2.36. The van der Waals surface area contributed by atoms with Crippen LogP contribution in [0.1, 0.15) is 18.7 Å². The third-order valence-corrected chi connectivity index (χ3v) is 5.29. The second-order valence-corrected chi connectivity index (χ2v) is 7.50. The molecule has 1 aromatic heterocycles. The Labute approximate surface area is 146 Å². The number of methoxy groups -OCH3 is 1. The van der Waals surface area contributed by atoms with Crippen LogP contribution >= 0.6 is 22.9 Å². The second-order valence-electron chi connectivity index (χ2n) is 5.70. The van der Waals surface area contributed by atoms with Gasteiger partial charge in [0, 0.05) is 37.5 Å². The summed E-state index contributed by atoms with van der Waals surface area (Å²) < 4.78 is 5.71. The number of aliphatic imine (C=N–C) groups is 1. The van der Waals surface area contributed by atoms with E-state index in [1.807, 2.05) is 19.1 Å². The van der Waals surface area contributed by atoms with Gasteiger partial charge in [0.2, 0.25) is 0 Å². The van der Waals surface area contributed by atoms with Crippen molar-refractivity contribution in [3.05, 3.63) is 21.3 Å². The Morgan fingerprint density at radius 2 is 2.30 bits per heavy atom. The van der Waals surface area contributed by atoms with Crippen molar-refractivity contribution in [2.24, 2.45) is 16.8 Å². The molecule has 2 heterocycles. The number of halogens is 1. The summed E-state index contributed by atoms with van der Waals surface area (Å²) in [6.07, 6.45) is 0.871. The fraction of sp³-hybridized carbons (Fsp3) is 0.625. The third-order valence-electron chi connectivity index (χ3n) is 4.00. The van der Waals surface area contributed by atoms with Gasteiger partial charge in [-0.1, -0.05) is 18.5 Å². The molecule has 0 amide bonds. The van der Waals surface area contributed by atoms with E-state index in [0.717, 1.165) is 29.8 Å². The molecule has 0 radical (unpaired) electrons. The van der Waals surface area contributed by atoms with E-state index >= 15 is 0 Å². The van der Waals surface area contributed by atoms with Crippen molar-refractivity contribution in [1.82, 2.24) is 10.2 Å². The number of likely N-dealkylation sites (tertiary alicyclic amines) is 1. The molecule has 1 fully saturated rings. The molecular formula is C16H24ClN3O2S. The van der Waals surface area contributed by atoms with Gasteiger partial charge in [-0.3, -0.25) is 9.79 Å². The Bertz CT molecular complexity index is 561. The number of ether oxygens (including phenoxy) is 1. The lowest BCUT2D eigenvalue weighted by atomic mass is 9.99. The van der Waals surface area contributed by atoms with Crippen LogP contribution in [0, 0.1) is 11.8 Å². The van der Waals surface area contributed by atoms with E-state index in [-0.39, 0.29) is 17.8 Å². The summed E-state index contributed by atoms with van der Waals surface area (Å²) >= 11 is 7.54. The molecule has 1 aliphatic heterocycles. The van der Waals surface area contributed by atoms with Crippen molar-refractivity contribution in [1.29, 1.82) is 0 Å². The highest BCUT2D eigenvalue weighted by Crippen LogP contribution is 2.24. The van der Waals surface area contributed by atoms with E-state index in [1.165, 1.54) is 12.0 Å². The van der Waals surface area contributed by atoms with Gasteiger partial charge in [-0.2, -0.15) is 0 Å². The molecule has 2 unspecified atom stereocenters. The van der Waals surface area contributed by atoms with Gasteiger partial charge in [0.05, 0.1) is 17.4 Å². The van der Waals surface area contributed by atoms with Crippen LogP contribution in [-0.2, 0) is 16.0 Å². The van der Waals surface area contributed by atoms with Crippen LogP contribution in [0.5, 0.6) is 0 Å². The van der Waals surface area contributed by atoms with Crippen LogP contribution in [0.4, 0.5) is 0 Å². The number of esters is 1. The van der Waals surface area contributed by atoms with Crippen LogP contribution in [0.3, 0.4) is 0 Å². The Morgan fingerprint density at radius 3 is 2.91 bits per heavy atom. The normalized spacial score (nSPS) is 21.6. The highest BCUT2D eigenvalue weighted by atomic mass is 35.5. The fourth-order valence-corrected chi connectivity index (χ4v) is 3.86. The zero-order chi connectivity index (χ0) is 16.8. The van der Waals surface area contributed by atoms with Crippen molar-refractivity contribution in [3.63, 3.8) is 0 Å². The maximum Gasteiger partial charge on any atom is 0.310 e. The van der Waals surface area contributed by atoms with Crippen LogP contribution < -0.4 is 5.32 Å². The lowest BCUT2D eigenvalue weighted by Crippen LogP contribution is -2.40. The fourth-order valence-electron chi connectivity index (χ4n) is 2.78. The van der Waals surface area contributed by atoms with Gasteiger partial charge < -0.3 is 15.0 Å². The first-order valence-electron chi connectivity index (χ1n) is 7.90. The highest BCUT2D eigenvalue weighted by molar-refractivity contribution is 7.16. The average molecular weight is 358 g/mol. The van der Waals surface area contributed by atoms with Crippen molar-refractivity contribution in [2.75, 3.05) is 33.3 Å². The van der Waals surface area contributed by atoms with E-state index < -0.39 is 0 Å². The summed E-state index contributed by atoms with van der Waals surface area (Å²) in [6, 6.07) is 3.96. The molecule has 23 heavy (non-hydrogen) atoms. The molecule has 1 saturated heterocycles. The quantitative estimate of drug-likeness (QED) is 0.500. The first kappa shape index (κ1) is 18.1. The first-order chi connectivity index (χ1) is 11.0. The van der Waals surface area contributed by atoms with Gasteiger partial charge >= 0.3 is 5.97 Å². The average Bonchev–Trinajstić information content (AvgIpc) is 3.11. The van der Waals surface area contributed by atoms with Crippen molar-refractivity contribution in [2.45, 2.75) is 20.3 Å². The number of guanidine groups is 1. The van der Waals surface area contributed by atoms with E-state index in [2.05, 4.69) is 17.1 Å². The lowest BCUT2D eigenvalue weighted by molar-refractivity contribution is -0.145. The molecule has 2 atom stereocenters. The van der Waals surface area contributed by atoms with Gasteiger partial charge in [0.15, 0.2) is 5.96 Å². The molecular weight excluding hydrogens is 334 g/mol. The summed E-state index contributed by atoms with van der Waals surface area (Å²) in [6.45, 7) is 7.11. The predicted octanol–water partition coefficient (Wildman–Crippen LogP) is 2.65. The number of carbonyl (C=O) groups excluding carboxylic acids is 1. The zero-order valence-electron chi connectivity index (χ0n) is 13.8. The number of thiophene rings is 1. The number of nitrogens with one attached hydrogen (secondary N) is 1. The number of hydrogen-bond acceptors (Lipinski definition) is 4. The van der Waals surface area contributed by atoms with Crippen LogP contribution in [-0.4, -0.2) is 50.1 Å². The number of carbonyl (C=O) groups is 1. The molecule has 1 aromatic rings. The third kappa shape index (κ3) is 4.85. The Balaban J connectivity index is 1.97. The molecule has 1 N–H and O–H groups in total. The maximum atomic E-state index is 11.8. The van der Waals surface area contributed by atoms with E-state index in [0.29, 0.717) is 13.1 Å². The van der Waals surface area contributed by atoms with Gasteiger partial charge in [-0.05, 0) is 25.0 Å². The van der Waals surface area contributed by atoms with Gasteiger partial charge in [0.25, 0.3) is 0 Å². The molecule has 5 nitrogen and oxygen atoms in total. The van der Waals surface area contributed by atoms with Crippen LogP contribution in [0.2, 0.25) is 4.34 Å². The number of hydrogen-bond donors (Lipinski definition) is 1. The van der Waals surface area contributed by atoms with Crippen molar-refractivity contribution < 1.29 is 9.53 Å². The van der Waals surface area contributed by atoms with Gasteiger partial charge in [0.1, 0.15) is 0 Å². The molecule has 7 heteroatoms. The molecule has 0 saturated carbocycles. The molecule has 0 aliphatic carbocycles. The minimum Gasteiger partial charge on any atom is -0.469 e. The predicted molar refractivity (Wildman–Crippen MR) is 95.3 cm³/mol. The largest absolute Gasteiger partial charge is 0.469 e. The standard InChI is InChI=1S/C16H24ClN3O2S/c1-4-18-16(19-8-7-12-5-6-14(17)23-12)20-9-11(2)13(10-20)15(21)22-3/h5-6,11,13H,4,7-10H2,1-3H3,(H,18,19). The van der Waals surface area contributed by atoms with Crippen LogP contribution in [0.25, 0.3) is 0 Å². The molecule has 0 aromatic carbocycles. The van der Waals surface area contributed by atoms with Crippen LogP contribution in [0.15, 0.2) is 17.1 Å². The molecule has 2 rings (SSSR count). The molecule has 128 valence electrons. The van der Waals surface area contributed by atoms with Gasteiger partial charge in [-0.15, -0.1) is 11.3 Å². The minimum absolute atomic E-state index is 0.0834. The lowest BCUT2D eigenvalue weighted by Gasteiger charge is -2.21. The second kappa shape index (κ2) is 8.55. The smallest absolute Gasteiger partial charge is 0.310 e. The summed E-state index contributed by atoms with van der Waals surface area (Å²) in [5.74, 6) is 0.917. The number of rotatable bonds is 5. The molecule has 1 aliphatic rings. The summed E-state index contributed by atoms with van der Waals surface area (Å²) in [4.78, 5) is 19.9. The SMILES string of the molecule is CCNC(=NCCc1ccc(Cl)s1)N1CC(C)C(C(=O)OC)C1. The summed E-state index contributed by atoms with van der Waals surface area (Å²) in [7, 11) is 1.45. The Hall–Kier alpha value is -1.27.